The standard InChI is InChI=1S/C15H18F3N/c16-11-8-10(9-12(17)14(11)18)19-13-4-7-15(13)5-2-1-3-6-15/h8-9,13,19H,1-7H2. The molecule has 2 fully saturated rings. The smallest absolute Gasteiger partial charge is 0.194 e. The lowest BCUT2D eigenvalue weighted by atomic mass is 9.57. The molecule has 19 heavy (non-hydrogen) atoms. The third-order valence-electron chi connectivity index (χ3n) is 4.84. The van der Waals surface area contributed by atoms with E-state index in [4.69, 9.17) is 0 Å². The molecule has 0 radical (unpaired) electrons. The maximum atomic E-state index is 13.2. The number of benzene rings is 1. The highest BCUT2D eigenvalue weighted by atomic mass is 19.2. The molecule has 0 saturated heterocycles. The fourth-order valence-corrected chi connectivity index (χ4v) is 3.62. The topological polar surface area (TPSA) is 12.0 Å². The van der Waals surface area contributed by atoms with E-state index in [1.165, 1.54) is 38.5 Å². The summed E-state index contributed by atoms with van der Waals surface area (Å²) in [4.78, 5) is 0. The zero-order valence-electron chi connectivity index (χ0n) is 10.8. The fraction of sp³-hybridized carbons (Fsp3) is 0.600. The van der Waals surface area contributed by atoms with Crippen LogP contribution < -0.4 is 5.32 Å². The number of hydrogen-bond donors (Lipinski definition) is 1. The zero-order chi connectivity index (χ0) is 13.5. The lowest BCUT2D eigenvalue weighted by Gasteiger charge is -2.52. The first-order valence-electron chi connectivity index (χ1n) is 7.02. The summed E-state index contributed by atoms with van der Waals surface area (Å²) in [5.74, 6) is -3.65. The van der Waals surface area contributed by atoms with E-state index in [1.54, 1.807) is 0 Å². The summed E-state index contributed by atoms with van der Waals surface area (Å²) in [5, 5.41) is 3.20. The van der Waals surface area contributed by atoms with E-state index in [2.05, 4.69) is 5.32 Å². The van der Waals surface area contributed by atoms with E-state index >= 15 is 0 Å². The SMILES string of the molecule is Fc1cc(NC2CCC23CCCCC3)cc(F)c1F. The van der Waals surface area contributed by atoms with Crippen molar-refractivity contribution in [2.75, 3.05) is 5.32 Å². The van der Waals surface area contributed by atoms with Gasteiger partial charge >= 0.3 is 0 Å². The molecule has 104 valence electrons. The molecule has 0 heterocycles. The minimum atomic E-state index is -1.40. The Balaban J connectivity index is 1.75. The lowest BCUT2D eigenvalue weighted by Crippen LogP contribution is -2.50. The first kappa shape index (κ1) is 12.8. The molecule has 1 unspecified atom stereocenters. The van der Waals surface area contributed by atoms with Crippen LogP contribution in [0.5, 0.6) is 0 Å². The van der Waals surface area contributed by atoms with Gasteiger partial charge in [-0.3, -0.25) is 0 Å². The van der Waals surface area contributed by atoms with Gasteiger partial charge in [0.15, 0.2) is 17.5 Å². The van der Waals surface area contributed by atoms with Crippen molar-refractivity contribution < 1.29 is 13.2 Å². The van der Waals surface area contributed by atoms with Gasteiger partial charge in [0.05, 0.1) is 0 Å². The minimum Gasteiger partial charge on any atom is -0.382 e. The van der Waals surface area contributed by atoms with Gasteiger partial charge in [-0.25, -0.2) is 13.2 Å². The molecule has 2 saturated carbocycles. The molecule has 1 aromatic rings. The summed E-state index contributed by atoms with van der Waals surface area (Å²) in [6, 6.07) is 2.37. The van der Waals surface area contributed by atoms with Gasteiger partial charge in [-0.15, -0.1) is 0 Å². The normalized spacial score (nSPS) is 25.1. The maximum absolute atomic E-state index is 13.2. The van der Waals surface area contributed by atoms with Crippen LogP contribution >= 0.6 is 0 Å². The van der Waals surface area contributed by atoms with Gasteiger partial charge < -0.3 is 5.32 Å². The average molecular weight is 269 g/mol. The lowest BCUT2D eigenvalue weighted by molar-refractivity contribution is 0.0571. The highest BCUT2D eigenvalue weighted by Gasteiger charge is 2.46. The van der Waals surface area contributed by atoms with Crippen LogP contribution in [0.4, 0.5) is 18.9 Å². The molecule has 2 aliphatic rings. The molecule has 1 spiro atoms. The molecule has 4 heteroatoms. The molecular weight excluding hydrogens is 251 g/mol. The molecule has 0 aromatic heterocycles. The van der Waals surface area contributed by atoms with E-state index in [0.717, 1.165) is 18.6 Å². The van der Waals surface area contributed by atoms with Crippen LogP contribution in [0.2, 0.25) is 0 Å². The first-order valence-corrected chi connectivity index (χ1v) is 7.02. The molecule has 1 N–H and O–H groups in total. The summed E-state index contributed by atoms with van der Waals surface area (Å²) in [6.45, 7) is 0. The van der Waals surface area contributed by atoms with Crippen LogP contribution in [0.15, 0.2) is 12.1 Å². The first-order chi connectivity index (χ1) is 9.11. The van der Waals surface area contributed by atoms with E-state index in [1.807, 2.05) is 0 Å². The summed E-state index contributed by atoms with van der Waals surface area (Å²) in [5.41, 5.74) is 0.658. The zero-order valence-corrected chi connectivity index (χ0v) is 10.8. The largest absolute Gasteiger partial charge is 0.382 e. The van der Waals surface area contributed by atoms with Crippen LogP contribution in [0.3, 0.4) is 0 Å². The summed E-state index contributed by atoms with van der Waals surface area (Å²) >= 11 is 0. The van der Waals surface area contributed by atoms with Gasteiger partial charge in [0.2, 0.25) is 0 Å². The van der Waals surface area contributed by atoms with Crippen molar-refractivity contribution in [1.82, 2.24) is 0 Å². The van der Waals surface area contributed by atoms with Gasteiger partial charge in [0, 0.05) is 23.9 Å². The van der Waals surface area contributed by atoms with Crippen molar-refractivity contribution in [3.8, 4) is 0 Å². The van der Waals surface area contributed by atoms with E-state index in [-0.39, 0.29) is 6.04 Å². The molecule has 3 rings (SSSR count). The second kappa shape index (κ2) is 4.73. The molecule has 1 aromatic carbocycles. The van der Waals surface area contributed by atoms with Crippen LogP contribution in [0, 0.1) is 22.9 Å². The molecule has 0 aliphatic heterocycles. The van der Waals surface area contributed by atoms with Crippen molar-refractivity contribution >= 4 is 5.69 Å². The van der Waals surface area contributed by atoms with Crippen molar-refractivity contribution in [3.05, 3.63) is 29.6 Å². The molecule has 0 amide bonds. The van der Waals surface area contributed by atoms with E-state index < -0.39 is 17.5 Å². The van der Waals surface area contributed by atoms with Crippen molar-refractivity contribution in [2.45, 2.75) is 51.0 Å². The van der Waals surface area contributed by atoms with Crippen LogP contribution in [-0.2, 0) is 0 Å². The molecule has 1 atom stereocenters. The molecule has 1 nitrogen and oxygen atoms in total. The molecule has 0 bridgehead atoms. The molecular formula is C15H18F3N. The van der Waals surface area contributed by atoms with E-state index in [9.17, 15) is 13.2 Å². The monoisotopic (exact) mass is 269 g/mol. The molecule has 2 aliphatic carbocycles. The van der Waals surface area contributed by atoms with Crippen molar-refractivity contribution in [3.63, 3.8) is 0 Å². The summed E-state index contributed by atoms with van der Waals surface area (Å²) < 4.78 is 39.3. The van der Waals surface area contributed by atoms with Gasteiger partial charge in [-0.05, 0) is 31.1 Å². The van der Waals surface area contributed by atoms with Crippen LogP contribution in [0.1, 0.15) is 44.9 Å². The third kappa shape index (κ3) is 2.21. The Morgan fingerprint density at radius 1 is 0.947 bits per heavy atom. The number of halogens is 3. The van der Waals surface area contributed by atoms with Crippen LogP contribution in [0.25, 0.3) is 0 Å². The Morgan fingerprint density at radius 3 is 2.11 bits per heavy atom. The Kier molecular flexibility index (Phi) is 3.19. The minimum absolute atomic E-state index is 0.275. The predicted molar refractivity (Wildman–Crippen MR) is 68.5 cm³/mol. The highest BCUT2D eigenvalue weighted by Crippen LogP contribution is 2.52. The summed E-state index contributed by atoms with van der Waals surface area (Å²) in [7, 11) is 0. The number of anilines is 1. The predicted octanol–water partition coefficient (Wildman–Crippen LogP) is 4.63. The van der Waals surface area contributed by atoms with Gasteiger partial charge in [0.25, 0.3) is 0 Å². The number of nitrogens with one attached hydrogen (secondary N) is 1. The number of hydrogen-bond acceptors (Lipinski definition) is 1. The second-order valence-electron chi connectivity index (χ2n) is 5.91. The van der Waals surface area contributed by atoms with Gasteiger partial charge in [-0.1, -0.05) is 19.3 Å². The van der Waals surface area contributed by atoms with Gasteiger partial charge in [0.1, 0.15) is 0 Å². The Hall–Kier alpha value is -1.19. The quantitative estimate of drug-likeness (QED) is 0.772. The fourth-order valence-electron chi connectivity index (χ4n) is 3.62. The van der Waals surface area contributed by atoms with Crippen molar-refractivity contribution in [2.24, 2.45) is 5.41 Å². The second-order valence-corrected chi connectivity index (χ2v) is 5.91. The Bertz CT molecular complexity index is 457. The number of rotatable bonds is 2. The van der Waals surface area contributed by atoms with Crippen LogP contribution in [-0.4, -0.2) is 6.04 Å². The van der Waals surface area contributed by atoms with Crippen molar-refractivity contribution in [1.29, 1.82) is 0 Å². The average Bonchev–Trinajstić information content (AvgIpc) is 2.42. The maximum Gasteiger partial charge on any atom is 0.194 e. The summed E-state index contributed by atoms with van der Waals surface area (Å²) in [6.07, 6.45) is 8.37. The third-order valence-corrected chi connectivity index (χ3v) is 4.84. The Morgan fingerprint density at radius 2 is 1.58 bits per heavy atom. The van der Waals surface area contributed by atoms with E-state index in [0.29, 0.717) is 11.1 Å². The van der Waals surface area contributed by atoms with Gasteiger partial charge in [-0.2, -0.15) is 0 Å². The Labute approximate surface area is 111 Å². The highest BCUT2D eigenvalue weighted by molar-refractivity contribution is 5.46.